The van der Waals surface area contributed by atoms with E-state index in [0.29, 0.717) is 11.5 Å². The molecule has 0 spiro atoms. The fraction of sp³-hybridized carbons (Fsp3) is 0.433. The van der Waals surface area contributed by atoms with Gasteiger partial charge >= 0.3 is 211 Å². The Morgan fingerprint density at radius 1 is 1.00 bits per heavy atom. The predicted octanol–water partition coefficient (Wildman–Crippen LogP) is 5.84. The van der Waals surface area contributed by atoms with Gasteiger partial charge in [-0.25, -0.2) is 4.79 Å². The van der Waals surface area contributed by atoms with Crippen molar-refractivity contribution in [1.29, 1.82) is 0 Å². The van der Waals surface area contributed by atoms with Crippen molar-refractivity contribution in [2.75, 3.05) is 19.0 Å². The zero-order valence-electron chi connectivity index (χ0n) is 21.3. The number of allylic oxidation sites excluding steroid dienone is 1. The van der Waals surface area contributed by atoms with E-state index in [2.05, 4.69) is 50.8 Å². The fourth-order valence-corrected chi connectivity index (χ4v) is 9.24. The Bertz CT molecular complexity index is 1060. The second kappa shape index (κ2) is 13.8. The minimum atomic E-state index is -0.951. The molecule has 5 nitrogen and oxygen atoms in total. The second-order valence-electron chi connectivity index (χ2n) is 9.92. The van der Waals surface area contributed by atoms with E-state index in [1.54, 1.807) is 27.5 Å². The van der Waals surface area contributed by atoms with Gasteiger partial charge < -0.3 is 4.74 Å². The quantitative estimate of drug-likeness (QED) is 0.216. The molecule has 1 saturated carbocycles. The first-order chi connectivity index (χ1) is 17.6. The number of anilines is 1. The average Bonchev–Trinajstić information content (AvgIpc) is 3.23. The van der Waals surface area contributed by atoms with Crippen molar-refractivity contribution in [3.63, 3.8) is 0 Å². The number of hydrogen-bond donors (Lipinski definition) is 1. The third-order valence-corrected chi connectivity index (χ3v) is 11.9. The van der Waals surface area contributed by atoms with E-state index in [1.807, 2.05) is 0 Å². The molecule has 1 N–H and O–H groups in total. The van der Waals surface area contributed by atoms with Crippen molar-refractivity contribution >= 4 is 43.5 Å². The number of esters is 1. The number of carbonyl (C=O) groups is 2. The van der Waals surface area contributed by atoms with Gasteiger partial charge in [0.2, 0.25) is 0 Å². The number of rotatable bonds is 10. The van der Waals surface area contributed by atoms with Crippen molar-refractivity contribution in [2.45, 2.75) is 57.8 Å². The van der Waals surface area contributed by atoms with Gasteiger partial charge in [-0.1, -0.05) is 0 Å². The van der Waals surface area contributed by atoms with Gasteiger partial charge in [0.1, 0.15) is 0 Å². The first-order valence-corrected chi connectivity index (χ1v) is 16.5. The Morgan fingerprint density at radius 2 is 1.72 bits per heavy atom. The summed E-state index contributed by atoms with van der Waals surface area (Å²) in [5.74, 6) is 0.274. The molecular weight excluding hydrogens is 551 g/mol. The van der Waals surface area contributed by atoms with E-state index >= 15 is 0 Å². The van der Waals surface area contributed by atoms with Crippen LogP contribution in [0.25, 0.3) is 0 Å². The summed E-state index contributed by atoms with van der Waals surface area (Å²) >= 11 is -0.951. The van der Waals surface area contributed by atoms with Crippen LogP contribution in [-0.4, -0.2) is 54.4 Å². The first-order valence-electron chi connectivity index (χ1n) is 13.3. The molecule has 36 heavy (non-hydrogen) atoms. The Balaban J connectivity index is 1.32. The van der Waals surface area contributed by atoms with Crippen LogP contribution in [0.2, 0.25) is 0 Å². The maximum atomic E-state index is 13.4. The number of unbranched alkanes of at least 4 members (excludes halogenated alkanes) is 1. The van der Waals surface area contributed by atoms with Crippen LogP contribution in [-0.2, 0) is 9.53 Å². The molecule has 2 aromatic rings. The topological polar surface area (TPSA) is 58.6 Å². The predicted molar refractivity (Wildman–Crippen MR) is 147 cm³/mol. The molecular formula is C30H37InN2O3. The number of methoxy groups -OCH3 is 1. The van der Waals surface area contributed by atoms with Crippen molar-refractivity contribution in [2.24, 2.45) is 11.8 Å². The maximum absolute atomic E-state index is 13.4. The third kappa shape index (κ3) is 7.58. The van der Waals surface area contributed by atoms with E-state index < -0.39 is 22.7 Å². The Hall–Kier alpha value is -2.34. The Labute approximate surface area is 226 Å². The normalized spacial score (nSPS) is 16.6. The van der Waals surface area contributed by atoms with E-state index in [-0.39, 0.29) is 17.8 Å². The van der Waals surface area contributed by atoms with Crippen LogP contribution in [0.3, 0.4) is 0 Å². The number of hydrogen-bond acceptors (Lipinski definition) is 4. The standard InChI is InChI=1S/C30H37N2O3.In/c1-35-30(34)26-18-20-27(21-19-26)32-29(33)28(25-15-7-2-3-8-16-25)17-9-10-22-31-23-11-14-24-12-5-4-6-13-24;/h4-6,11-13,18-21,23,25,28H,2-3,7-10,15-17,22H2,1H3,(H,32,33,34);/q-1;+1. The molecule has 1 atom stereocenters. The van der Waals surface area contributed by atoms with Crippen molar-refractivity contribution in [1.82, 2.24) is 2.89 Å². The van der Waals surface area contributed by atoms with Crippen LogP contribution in [0.5, 0.6) is 0 Å². The summed E-state index contributed by atoms with van der Waals surface area (Å²) < 4.78 is 8.90. The molecule has 1 unspecified atom stereocenters. The van der Waals surface area contributed by atoms with Crippen LogP contribution < -0.4 is 5.32 Å². The second-order valence-corrected chi connectivity index (χ2v) is 14.3. The molecule has 1 aliphatic carbocycles. The van der Waals surface area contributed by atoms with E-state index in [0.717, 1.165) is 44.3 Å². The zero-order valence-corrected chi connectivity index (χ0v) is 24.6. The number of nitrogens with zero attached hydrogens (tertiary/aromatic N) is 1. The number of benzene rings is 2. The summed E-state index contributed by atoms with van der Waals surface area (Å²) in [5, 5.41) is 3.14. The van der Waals surface area contributed by atoms with Crippen molar-refractivity contribution in [3.05, 3.63) is 78.0 Å². The molecule has 2 aromatic carbocycles. The average molecular weight is 588 g/mol. The molecule has 0 radical (unpaired) electrons. The minimum absolute atomic E-state index is 0.0469. The Kier molecular flexibility index (Phi) is 10.3. The third-order valence-electron chi connectivity index (χ3n) is 7.42. The SMILES string of the molecule is COC(=O)c1ccc(NC(=O)C(CCCC[N]2C=C[C](c3ccccc3)=[In]2)C2CCCCCC2)cc1. The molecule has 0 saturated heterocycles. The van der Waals surface area contributed by atoms with Gasteiger partial charge in [-0.15, -0.1) is 0 Å². The van der Waals surface area contributed by atoms with Crippen molar-refractivity contribution in [3.8, 4) is 0 Å². The van der Waals surface area contributed by atoms with E-state index in [4.69, 9.17) is 4.74 Å². The van der Waals surface area contributed by atoms with Crippen LogP contribution >= 0.6 is 0 Å². The fourth-order valence-electron chi connectivity index (χ4n) is 5.38. The van der Waals surface area contributed by atoms with Gasteiger partial charge in [-0.3, -0.25) is 0 Å². The Morgan fingerprint density at radius 3 is 2.42 bits per heavy atom. The van der Waals surface area contributed by atoms with Gasteiger partial charge in [-0.2, -0.15) is 0 Å². The first kappa shape index (κ1) is 26.7. The number of carbonyl (C=O) groups excluding carboxylic acids is 2. The molecule has 1 heterocycles. The molecule has 2 aliphatic rings. The molecule has 0 aromatic heterocycles. The summed E-state index contributed by atoms with van der Waals surface area (Å²) in [5.41, 5.74) is 2.61. The van der Waals surface area contributed by atoms with E-state index in [1.165, 1.54) is 38.4 Å². The molecule has 188 valence electrons. The van der Waals surface area contributed by atoms with Crippen LogP contribution in [0.1, 0.15) is 73.7 Å². The van der Waals surface area contributed by atoms with Crippen LogP contribution in [0, 0.1) is 11.8 Å². The summed E-state index contributed by atoms with van der Waals surface area (Å²) in [4.78, 5) is 25.1. The summed E-state index contributed by atoms with van der Waals surface area (Å²) in [6.07, 6.45) is 15.1. The molecule has 1 amide bonds. The molecule has 4 rings (SSSR count). The van der Waals surface area contributed by atoms with Gasteiger partial charge in [0.25, 0.3) is 0 Å². The van der Waals surface area contributed by atoms with Crippen LogP contribution in [0.4, 0.5) is 5.69 Å². The van der Waals surface area contributed by atoms with Gasteiger partial charge in [0.15, 0.2) is 0 Å². The van der Waals surface area contributed by atoms with Gasteiger partial charge in [0, 0.05) is 0 Å². The summed E-state index contributed by atoms with van der Waals surface area (Å²) in [7, 11) is 1.37. The van der Waals surface area contributed by atoms with Crippen molar-refractivity contribution < 1.29 is 14.3 Å². The van der Waals surface area contributed by atoms with Gasteiger partial charge in [-0.05, 0) is 0 Å². The number of ether oxygens (including phenoxy) is 1. The molecule has 0 bridgehead atoms. The molecule has 6 heteroatoms. The number of nitrogens with one attached hydrogen (secondary N) is 1. The van der Waals surface area contributed by atoms with Crippen LogP contribution in [0.15, 0.2) is 66.9 Å². The molecule has 1 fully saturated rings. The zero-order chi connectivity index (χ0) is 25.2. The monoisotopic (exact) mass is 588 g/mol. The van der Waals surface area contributed by atoms with Gasteiger partial charge in [0.05, 0.1) is 7.11 Å². The summed E-state index contributed by atoms with van der Waals surface area (Å²) in [6, 6.07) is 17.7. The molecule has 1 aliphatic heterocycles. The van der Waals surface area contributed by atoms with E-state index in [9.17, 15) is 9.59 Å². The number of amides is 1. The summed E-state index contributed by atoms with van der Waals surface area (Å²) in [6.45, 7) is 1.10.